The highest BCUT2D eigenvalue weighted by Gasteiger charge is 2.48. The number of halogens is 1. The van der Waals surface area contributed by atoms with Gasteiger partial charge < -0.3 is 15.5 Å². The Labute approximate surface area is 183 Å². The van der Waals surface area contributed by atoms with Crippen LogP contribution in [0.5, 0.6) is 0 Å². The van der Waals surface area contributed by atoms with Crippen molar-refractivity contribution in [1.29, 1.82) is 0 Å². The summed E-state index contributed by atoms with van der Waals surface area (Å²) in [6.45, 7) is 8.79. The number of urea groups is 1. The number of aliphatic imine (C=N–C) groups is 1. The number of hydrogen-bond acceptors (Lipinski definition) is 4. The van der Waals surface area contributed by atoms with Gasteiger partial charge in [-0.25, -0.2) is 9.79 Å². The van der Waals surface area contributed by atoms with Crippen molar-refractivity contribution in [1.82, 2.24) is 25.8 Å². The van der Waals surface area contributed by atoms with Gasteiger partial charge in [0.25, 0.3) is 5.91 Å². The number of aryl methyl sites for hydroxylation is 1. The van der Waals surface area contributed by atoms with Gasteiger partial charge in [-0.3, -0.25) is 15.1 Å². The number of amides is 3. The Bertz CT molecular complexity index is 730. The van der Waals surface area contributed by atoms with Gasteiger partial charge in [0.2, 0.25) is 0 Å². The van der Waals surface area contributed by atoms with Gasteiger partial charge in [-0.15, -0.1) is 24.0 Å². The molecule has 2 aliphatic heterocycles. The van der Waals surface area contributed by atoms with Crippen LogP contribution in [0.1, 0.15) is 37.9 Å². The molecule has 154 valence electrons. The third-order valence-electron chi connectivity index (χ3n) is 5.40. The standard InChI is InChI=1S/C19H28N6O2.HI/c1-4-20-17(22-12-14-6-5-13(2)21-11-14)25-9-7-15(8-10-25)19(3)16(26)23-18(27)24-19;/h5-6,11,15H,4,7-10,12H2,1-3H3,(H,20,22)(H2,23,24,26,27);1H. The number of piperidine rings is 1. The zero-order valence-electron chi connectivity index (χ0n) is 16.6. The van der Waals surface area contributed by atoms with Crippen molar-refractivity contribution < 1.29 is 9.59 Å². The Morgan fingerprint density at radius 2 is 2.07 bits per heavy atom. The summed E-state index contributed by atoms with van der Waals surface area (Å²) in [4.78, 5) is 35.0. The molecule has 0 saturated carbocycles. The maximum absolute atomic E-state index is 12.2. The molecule has 1 aromatic rings. The normalized spacial score (nSPS) is 23.1. The molecule has 1 aromatic heterocycles. The van der Waals surface area contributed by atoms with E-state index in [-0.39, 0.29) is 35.8 Å². The molecule has 3 rings (SSSR count). The molecule has 8 nitrogen and oxygen atoms in total. The van der Waals surface area contributed by atoms with Crippen molar-refractivity contribution in [3.63, 3.8) is 0 Å². The fourth-order valence-corrected chi connectivity index (χ4v) is 3.70. The van der Waals surface area contributed by atoms with Gasteiger partial charge >= 0.3 is 6.03 Å². The Morgan fingerprint density at radius 3 is 2.61 bits per heavy atom. The maximum Gasteiger partial charge on any atom is 0.322 e. The molecule has 28 heavy (non-hydrogen) atoms. The number of pyridine rings is 1. The first-order valence-corrected chi connectivity index (χ1v) is 9.50. The maximum atomic E-state index is 12.2. The zero-order valence-corrected chi connectivity index (χ0v) is 18.9. The summed E-state index contributed by atoms with van der Waals surface area (Å²) in [6.07, 6.45) is 3.50. The van der Waals surface area contributed by atoms with Crippen LogP contribution < -0.4 is 16.0 Å². The Balaban J connectivity index is 0.00000280. The lowest BCUT2D eigenvalue weighted by atomic mass is 9.79. The van der Waals surface area contributed by atoms with Crippen molar-refractivity contribution in [3.8, 4) is 0 Å². The van der Waals surface area contributed by atoms with Crippen LogP contribution in [0.4, 0.5) is 4.79 Å². The van der Waals surface area contributed by atoms with Gasteiger partial charge in [-0.2, -0.15) is 0 Å². The van der Waals surface area contributed by atoms with Crippen molar-refractivity contribution in [3.05, 3.63) is 29.6 Å². The molecular weight excluding hydrogens is 471 g/mol. The predicted octanol–water partition coefficient (Wildman–Crippen LogP) is 1.78. The number of guanidine groups is 1. The number of aromatic nitrogens is 1. The summed E-state index contributed by atoms with van der Waals surface area (Å²) >= 11 is 0. The lowest BCUT2D eigenvalue weighted by molar-refractivity contribution is -0.125. The number of imide groups is 1. The molecule has 3 N–H and O–H groups in total. The van der Waals surface area contributed by atoms with Gasteiger partial charge in [-0.05, 0) is 51.2 Å². The fourth-order valence-electron chi connectivity index (χ4n) is 3.70. The number of hydrogen-bond donors (Lipinski definition) is 3. The quantitative estimate of drug-likeness (QED) is 0.254. The van der Waals surface area contributed by atoms with Crippen LogP contribution in [0.2, 0.25) is 0 Å². The third-order valence-corrected chi connectivity index (χ3v) is 5.40. The summed E-state index contributed by atoms with van der Waals surface area (Å²) < 4.78 is 0. The van der Waals surface area contributed by atoms with Crippen LogP contribution >= 0.6 is 24.0 Å². The van der Waals surface area contributed by atoms with Gasteiger partial charge in [0, 0.05) is 31.5 Å². The highest BCUT2D eigenvalue weighted by atomic mass is 127. The number of nitrogens with one attached hydrogen (secondary N) is 3. The molecule has 0 aromatic carbocycles. The average Bonchev–Trinajstić information content (AvgIpc) is 2.93. The molecular formula is C19H29IN6O2. The van der Waals surface area contributed by atoms with Crippen LogP contribution in [-0.4, -0.2) is 53.0 Å². The van der Waals surface area contributed by atoms with E-state index in [2.05, 4.69) is 32.8 Å². The monoisotopic (exact) mass is 500 g/mol. The number of carbonyl (C=O) groups excluding carboxylic acids is 2. The van der Waals surface area contributed by atoms with Gasteiger partial charge in [0.15, 0.2) is 5.96 Å². The second-order valence-corrected chi connectivity index (χ2v) is 7.35. The van der Waals surface area contributed by atoms with Gasteiger partial charge in [0.1, 0.15) is 5.54 Å². The zero-order chi connectivity index (χ0) is 19.4. The number of likely N-dealkylation sites (tertiary alicyclic amines) is 1. The van der Waals surface area contributed by atoms with E-state index >= 15 is 0 Å². The highest BCUT2D eigenvalue weighted by molar-refractivity contribution is 14.0. The molecule has 1 unspecified atom stereocenters. The molecule has 3 heterocycles. The molecule has 0 radical (unpaired) electrons. The van der Waals surface area contributed by atoms with E-state index in [9.17, 15) is 9.59 Å². The Hall–Kier alpha value is -1.91. The Morgan fingerprint density at radius 1 is 1.36 bits per heavy atom. The largest absolute Gasteiger partial charge is 0.357 e. The minimum Gasteiger partial charge on any atom is -0.357 e. The fraction of sp³-hybridized carbons (Fsp3) is 0.579. The van der Waals surface area contributed by atoms with E-state index in [1.165, 1.54) is 0 Å². The number of carbonyl (C=O) groups is 2. The number of rotatable bonds is 4. The molecule has 2 saturated heterocycles. The minimum atomic E-state index is -0.813. The van der Waals surface area contributed by atoms with E-state index in [4.69, 9.17) is 4.99 Å². The molecule has 1 atom stereocenters. The first kappa shape index (κ1) is 22.4. The van der Waals surface area contributed by atoms with Crippen LogP contribution in [0, 0.1) is 12.8 Å². The molecule has 9 heteroatoms. The SMILES string of the molecule is CCNC(=NCc1ccc(C)nc1)N1CCC(C2(C)NC(=O)NC2=O)CC1.I. The van der Waals surface area contributed by atoms with E-state index in [0.29, 0.717) is 6.54 Å². The molecule has 0 spiro atoms. The van der Waals surface area contributed by atoms with E-state index in [1.807, 2.05) is 32.2 Å². The van der Waals surface area contributed by atoms with Crippen molar-refractivity contribution >= 4 is 41.9 Å². The molecule has 2 fully saturated rings. The van der Waals surface area contributed by atoms with Gasteiger partial charge in [-0.1, -0.05) is 6.07 Å². The van der Waals surface area contributed by atoms with Crippen LogP contribution in [-0.2, 0) is 11.3 Å². The lowest BCUT2D eigenvalue weighted by Crippen LogP contribution is -2.55. The molecule has 2 aliphatic rings. The lowest BCUT2D eigenvalue weighted by Gasteiger charge is -2.39. The van der Waals surface area contributed by atoms with Crippen LogP contribution in [0.25, 0.3) is 0 Å². The van der Waals surface area contributed by atoms with Crippen molar-refractivity contribution in [2.75, 3.05) is 19.6 Å². The highest BCUT2D eigenvalue weighted by Crippen LogP contribution is 2.30. The van der Waals surface area contributed by atoms with E-state index in [0.717, 1.165) is 49.7 Å². The summed E-state index contributed by atoms with van der Waals surface area (Å²) in [5, 5.41) is 8.51. The van der Waals surface area contributed by atoms with E-state index < -0.39 is 11.6 Å². The second kappa shape index (κ2) is 9.53. The van der Waals surface area contributed by atoms with Crippen LogP contribution in [0.15, 0.2) is 23.3 Å². The molecule has 3 amide bonds. The smallest absolute Gasteiger partial charge is 0.322 e. The predicted molar refractivity (Wildman–Crippen MR) is 119 cm³/mol. The molecule has 0 aliphatic carbocycles. The first-order chi connectivity index (χ1) is 12.9. The number of nitrogens with zero attached hydrogens (tertiary/aromatic N) is 3. The molecule has 0 bridgehead atoms. The average molecular weight is 500 g/mol. The van der Waals surface area contributed by atoms with Crippen molar-refractivity contribution in [2.24, 2.45) is 10.9 Å². The second-order valence-electron chi connectivity index (χ2n) is 7.35. The summed E-state index contributed by atoms with van der Waals surface area (Å²) in [7, 11) is 0. The minimum absolute atomic E-state index is 0. The van der Waals surface area contributed by atoms with Crippen LogP contribution in [0.3, 0.4) is 0 Å². The van der Waals surface area contributed by atoms with E-state index in [1.54, 1.807) is 0 Å². The first-order valence-electron chi connectivity index (χ1n) is 9.50. The van der Waals surface area contributed by atoms with Crippen molar-refractivity contribution in [2.45, 2.75) is 45.7 Å². The summed E-state index contributed by atoms with van der Waals surface area (Å²) in [5.41, 5.74) is 1.25. The third kappa shape index (κ3) is 4.92. The topological polar surface area (TPSA) is 98.7 Å². The van der Waals surface area contributed by atoms with Gasteiger partial charge in [0.05, 0.1) is 6.54 Å². The Kier molecular flexibility index (Phi) is 7.62. The summed E-state index contributed by atoms with van der Waals surface area (Å²) in [6, 6.07) is 3.64. The summed E-state index contributed by atoms with van der Waals surface area (Å²) in [5.74, 6) is 0.768.